The Balaban J connectivity index is 1.70. The van der Waals surface area contributed by atoms with Gasteiger partial charge in [-0.2, -0.15) is 0 Å². The summed E-state index contributed by atoms with van der Waals surface area (Å²) in [7, 11) is 0. The second-order valence-corrected chi connectivity index (χ2v) is 9.31. The fraction of sp³-hybridized carbons (Fsp3) is 0.161. The van der Waals surface area contributed by atoms with Gasteiger partial charge in [0, 0.05) is 34.3 Å². The number of rotatable bonds is 5. The number of hydrogen-bond donors (Lipinski definition) is 0. The first kappa shape index (κ1) is 22.0. The SMILES string of the molecule is CC(C)(c1ccccc1-c1nccc2ccccc12)[C@](C)(F)c1ccccc1-c1ccccn1. The summed E-state index contributed by atoms with van der Waals surface area (Å²) in [5.74, 6) is 0. The highest BCUT2D eigenvalue weighted by Gasteiger charge is 2.46. The quantitative estimate of drug-likeness (QED) is 0.272. The Morgan fingerprint density at radius 2 is 1.24 bits per heavy atom. The Bertz CT molecular complexity index is 1450. The smallest absolute Gasteiger partial charge is 0.142 e. The number of alkyl halides is 1. The zero-order valence-electron chi connectivity index (χ0n) is 19.7. The molecule has 0 aliphatic heterocycles. The number of hydrogen-bond acceptors (Lipinski definition) is 2. The van der Waals surface area contributed by atoms with Gasteiger partial charge < -0.3 is 0 Å². The van der Waals surface area contributed by atoms with E-state index in [0.29, 0.717) is 5.56 Å². The van der Waals surface area contributed by atoms with E-state index < -0.39 is 11.1 Å². The summed E-state index contributed by atoms with van der Waals surface area (Å²) in [6, 6.07) is 31.6. The molecule has 0 unspecified atom stereocenters. The van der Waals surface area contributed by atoms with Crippen molar-refractivity contribution in [2.24, 2.45) is 0 Å². The lowest BCUT2D eigenvalue weighted by Crippen LogP contribution is -2.40. The number of fused-ring (bicyclic) bond motifs is 1. The van der Waals surface area contributed by atoms with Crippen LogP contribution in [0.15, 0.2) is 109 Å². The molecule has 0 aliphatic rings. The Kier molecular flexibility index (Phi) is 5.49. The first-order valence-corrected chi connectivity index (χ1v) is 11.5. The van der Waals surface area contributed by atoms with E-state index in [1.165, 1.54) is 0 Å². The minimum absolute atomic E-state index is 0.624. The molecule has 0 bridgehead atoms. The predicted octanol–water partition coefficient (Wildman–Crippen LogP) is 8.13. The summed E-state index contributed by atoms with van der Waals surface area (Å²) in [5.41, 5.74) is 2.37. The topological polar surface area (TPSA) is 25.8 Å². The normalized spacial score (nSPS) is 13.5. The van der Waals surface area contributed by atoms with Crippen molar-refractivity contribution in [3.8, 4) is 22.5 Å². The standard InChI is InChI=1S/C31H27FN2/c1-30(2,31(3,32)27-17-9-6-14-24(27)28-18-10-11-20-33-28)26-16-8-7-15-25(26)29-23-13-5-4-12-22(23)19-21-34-29/h4-21H,1-3H3/t31-/m1/s1. The largest absolute Gasteiger partial charge is 0.256 e. The van der Waals surface area contributed by atoms with Gasteiger partial charge in [0.15, 0.2) is 0 Å². The summed E-state index contributed by atoms with van der Waals surface area (Å²) in [6.07, 6.45) is 3.57. The molecule has 0 aliphatic carbocycles. The molecular formula is C31H27FN2. The maximum atomic E-state index is 17.2. The van der Waals surface area contributed by atoms with E-state index in [0.717, 1.165) is 38.9 Å². The van der Waals surface area contributed by atoms with Crippen molar-refractivity contribution in [1.29, 1.82) is 0 Å². The number of benzene rings is 3. The fourth-order valence-electron chi connectivity index (χ4n) is 4.80. The fourth-order valence-corrected chi connectivity index (χ4v) is 4.80. The van der Waals surface area contributed by atoms with Gasteiger partial charge >= 0.3 is 0 Å². The van der Waals surface area contributed by atoms with E-state index in [2.05, 4.69) is 17.1 Å². The van der Waals surface area contributed by atoms with Gasteiger partial charge in [-0.15, -0.1) is 0 Å². The Labute approximate surface area is 200 Å². The Hall–Kier alpha value is -3.85. The van der Waals surface area contributed by atoms with Crippen molar-refractivity contribution in [3.05, 3.63) is 121 Å². The van der Waals surface area contributed by atoms with E-state index in [1.807, 2.05) is 105 Å². The molecule has 0 spiro atoms. The van der Waals surface area contributed by atoms with Crippen LogP contribution in [-0.4, -0.2) is 9.97 Å². The summed E-state index contributed by atoms with van der Waals surface area (Å²) < 4.78 is 17.2. The van der Waals surface area contributed by atoms with Gasteiger partial charge in [0.05, 0.1) is 11.4 Å². The minimum atomic E-state index is -1.69. The molecule has 2 heterocycles. The molecule has 3 heteroatoms. The van der Waals surface area contributed by atoms with Crippen molar-refractivity contribution in [1.82, 2.24) is 9.97 Å². The van der Waals surface area contributed by atoms with Crippen LogP contribution in [0, 0.1) is 0 Å². The highest BCUT2D eigenvalue weighted by molar-refractivity contribution is 5.95. The predicted molar refractivity (Wildman–Crippen MR) is 138 cm³/mol. The average Bonchev–Trinajstić information content (AvgIpc) is 2.89. The molecular weight excluding hydrogens is 419 g/mol. The third-order valence-corrected chi connectivity index (χ3v) is 7.08. The van der Waals surface area contributed by atoms with Crippen LogP contribution in [0.25, 0.3) is 33.3 Å². The Morgan fingerprint density at radius 3 is 2.00 bits per heavy atom. The highest BCUT2D eigenvalue weighted by atomic mass is 19.1. The summed E-state index contributed by atoms with van der Waals surface area (Å²) >= 11 is 0. The second-order valence-electron chi connectivity index (χ2n) is 9.31. The van der Waals surface area contributed by atoms with Crippen molar-refractivity contribution < 1.29 is 4.39 Å². The van der Waals surface area contributed by atoms with Crippen molar-refractivity contribution in [2.75, 3.05) is 0 Å². The van der Waals surface area contributed by atoms with Crippen LogP contribution in [0.2, 0.25) is 0 Å². The zero-order valence-corrected chi connectivity index (χ0v) is 19.7. The molecule has 0 radical (unpaired) electrons. The molecule has 2 nitrogen and oxygen atoms in total. The van der Waals surface area contributed by atoms with Crippen LogP contribution >= 0.6 is 0 Å². The first-order valence-electron chi connectivity index (χ1n) is 11.5. The number of aromatic nitrogens is 2. The lowest BCUT2D eigenvalue weighted by Gasteiger charge is -2.41. The first-order chi connectivity index (χ1) is 16.4. The lowest BCUT2D eigenvalue weighted by atomic mass is 9.66. The third kappa shape index (κ3) is 3.58. The molecule has 1 atom stereocenters. The summed E-state index contributed by atoms with van der Waals surface area (Å²) in [6.45, 7) is 5.64. The molecule has 168 valence electrons. The van der Waals surface area contributed by atoms with Crippen LogP contribution in [0.1, 0.15) is 31.9 Å². The molecule has 2 aromatic heterocycles. The van der Waals surface area contributed by atoms with E-state index >= 15 is 4.39 Å². The van der Waals surface area contributed by atoms with E-state index in [4.69, 9.17) is 4.98 Å². The molecule has 0 saturated heterocycles. The van der Waals surface area contributed by atoms with Crippen LogP contribution in [-0.2, 0) is 11.1 Å². The highest BCUT2D eigenvalue weighted by Crippen LogP contribution is 2.50. The van der Waals surface area contributed by atoms with Crippen LogP contribution in [0.5, 0.6) is 0 Å². The van der Waals surface area contributed by atoms with Gasteiger partial charge in [0.2, 0.25) is 0 Å². The number of pyridine rings is 2. The van der Waals surface area contributed by atoms with Crippen molar-refractivity contribution in [2.45, 2.75) is 31.9 Å². The van der Waals surface area contributed by atoms with Gasteiger partial charge in [-0.3, -0.25) is 9.97 Å². The maximum Gasteiger partial charge on any atom is 0.142 e. The molecule has 0 N–H and O–H groups in total. The monoisotopic (exact) mass is 446 g/mol. The second kappa shape index (κ2) is 8.49. The van der Waals surface area contributed by atoms with Crippen LogP contribution in [0.4, 0.5) is 4.39 Å². The molecule has 0 fully saturated rings. The number of nitrogens with zero attached hydrogens (tertiary/aromatic N) is 2. The molecule has 3 aromatic carbocycles. The van der Waals surface area contributed by atoms with Crippen LogP contribution < -0.4 is 0 Å². The molecule has 5 aromatic rings. The molecule has 0 amide bonds. The van der Waals surface area contributed by atoms with Crippen molar-refractivity contribution >= 4 is 10.8 Å². The van der Waals surface area contributed by atoms with E-state index in [-0.39, 0.29) is 0 Å². The van der Waals surface area contributed by atoms with Gasteiger partial charge in [-0.1, -0.05) is 92.7 Å². The number of halogens is 1. The molecule has 5 rings (SSSR count). The van der Waals surface area contributed by atoms with Gasteiger partial charge in [0.25, 0.3) is 0 Å². The molecule has 0 saturated carbocycles. The Morgan fingerprint density at radius 1 is 0.588 bits per heavy atom. The lowest BCUT2D eigenvalue weighted by molar-refractivity contribution is 0.0911. The maximum absolute atomic E-state index is 17.2. The summed E-state index contributed by atoms with van der Waals surface area (Å²) in [4.78, 5) is 9.24. The van der Waals surface area contributed by atoms with Crippen molar-refractivity contribution in [3.63, 3.8) is 0 Å². The molecule has 34 heavy (non-hydrogen) atoms. The average molecular weight is 447 g/mol. The zero-order chi connectivity index (χ0) is 23.8. The van der Waals surface area contributed by atoms with E-state index in [9.17, 15) is 0 Å². The van der Waals surface area contributed by atoms with Gasteiger partial charge in [-0.25, -0.2) is 4.39 Å². The van der Waals surface area contributed by atoms with Gasteiger partial charge in [0.1, 0.15) is 5.67 Å². The van der Waals surface area contributed by atoms with Gasteiger partial charge in [-0.05, 0) is 41.6 Å². The minimum Gasteiger partial charge on any atom is -0.256 e. The van der Waals surface area contributed by atoms with E-state index in [1.54, 1.807) is 13.1 Å². The summed E-state index contributed by atoms with van der Waals surface area (Å²) in [5, 5.41) is 2.17. The third-order valence-electron chi connectivity index (χ3n) is 7.08. The van der Waals surface area contributed by atoms with Crippen LogP contribution in [0.3, 0.4) is 0 Å².